The van der Waals surface area contributed by atoms with E-state index >= 15 is 0 Å². The average molecular weight is 277 g/mol. The summed E-state index contributed by atoms with van der Waals surface area (Å²) in [4.78, 5) is 14.6. The summed E-state index contributed by atoms with van der Waals surface area (Å²) in [6.07, 6.45) is 7.32. The molecule has 20 heavy (non-hydrogen) atoms. The molecule has 5 heteroatoms. The number of carbonyl (C=O) groups excluding carboxylic acids is 1. The van der Waals surface area contributed by atoms with Crippen molar-refractivity contribution in [2.24, 2.45) is 11.3 Å². The van der Waals surface area contributed by atoms with Crippen LogP contribution in [0.3, 0.4) is 0 Å². The van der Waals surface area contributed by atoms with Crippen LogP contribution in [-0.2, 0) is 22.6 Å². The lowest BCUT2D eigenvalue weighted by molar-refractivity contribution is -0.153. The monoisotopic (exact) mass is 277 g/mol. The van der Waals surface area contributed by atoms with E-state index < -0.39 is 0 Å². The second-order valence-electron chi connectivity index (χ2n) is 6.11. The van der Waals surface area contributed by atoms with E-state index in [1.807, 2.05) is 10.9 Å². The van der Waals surface area contributed by atoms with Crippen LogP contribution in [0, 0.1) is 11.3 Å². The Balaban J connectivity index is 1.70. The minimum atomic E-state index is -0.241. The van der Waals surface area contributed by atoms with Gasteiger partial charge in [-0.1, -0.05) is 6.42 Å². The maximum Gasteiger partial charge on any atom is 0.313 e. The number of rotatable bonds is 4. The van der Waals surface area contributed by atoms with Crippen LogP contribution in [-0.4, -0.2) is 40.8 Å². The summed E-state index contributed by atoms with van der Waals surface area (Å²) in [5.74, 6) is 0.461. The second-order valence-corrected chi connectivity index (χ2v) is 6.11. The molecule has 1 aromatic rings. The molecule has 2 fully saturated rings. The molecule has 1 saturated heterocycles. The van der Waals surface area contributed by atoms with Gasteiger partial charge < -0.3 is 4.74 Å². The highest BCUT2D eigenvalue weighted by atomic mass is 16.5. The number of aryl methyl sites for hydroxylation is 1. The van der Waals surface area contributed by atoms with E-state index in [4.69, 9.17) is 4.74 Å². The fourth-order valence-electron chi connectivity index (χ4n) is 3.97. The molecule has 0 aromatic carbocycles. The van der Waals surface area contributed by atoms with Crippen molar-refractivity contribution in [1.29, 1.82) is 0 Å². The topological polar surface area (TPSA) is 47.4 Å². The quantitative estimate of drug-likeness (QED) is 0.786. The Morgan fingerprint density at radius 3 is 3.15 bits per heavy atom. The molecule has 2 aliphatic rings. The lowest BCUT2D eigenvalue weighted by Gasteiger charge is -2.25. The summed E-state index contributed by atoms with van der Waals surface area (Å²) in [6.45, 7) is 5.71. The molecule has 110 valence electrons. The first-order valence-corrected chi connectivity index (χ1v) is 7.50. The van der Waals surface area contributed by atoms with Gasteiger partial charge in [-0.2, -0.15) is 5.10 Å². The van der Waals surface area contributed by atoms with E-state index in [-0.39, 0.29) is 11.4 Å². The Kier molecular flexibility index (Phi) is 3.54. The Morgan fingerprint density at radius 1 is 1.60 bits per heavy atom. The molecule has 0 amide bonds. The molecule has 1 aliphatic heterocycles. The van der Waals surface area contributed by atoms with Crippen molar-refractivity contribution in [3.63, 3.8) is 0 Å². The third-order valence-corrected chi connectivity index (χ3v) is 4.95. The first-order chi connectivity index (χ1) is 9.68. The first kappa shape index (κ1) is 13.6. The highest BCUT2D eigenvalue weighted by molar-refractivity contribution is 5.78. The van der Waals surface area contributed by atoms with Crippen LogP contribution in [0.25, 0.3) is 0 Å². The van der Waals surface area contributed by atoms with Crippen molar-refractivity contribution in [3.8, 4) is 0 Å². The largest absolute Gasteiger partial charge is 0.469 e. The van der Waals surface area contributed by atoms with Crippen molar-refractivity contribution >= 4 is 5.97 Å². The third-order valence-electron chi connectivity index (χ3n) is 4.95. The number of aromatic nitrogens is 2. The van der Waals surface area contributed by atoms with E-state index in [0.717, 1.165) is 45.4 Å². The van der Waals surface area contributed by atoms with E-state index in [2.05, 4.69) is 23.1 Å². The predicted molar refractivity (Wildman–Crippen MR) is 75.0 cm³/mol. The lowest BCUT2D eigenvalue weighted by atomic mass is 9.81. The molecule has 0 unspecified atom stereocenters. The minimum absolute atomic E-state index is 0.00764. The molecule has 0 radical (unpaired) electrons. The Labute approximate surface area is 119 Å². The summed E-state index contributed by atoms with van der Waals surface area (Å²) in [7, 11) is 1.51. The molecule has 5 nitrogen and oxygen atoms in total. The molecule has 0 N–H and O–H groups in total. The SMILES string of the molecule is CCn1cc(CN2C[C@@H]3CCC[C@]3(C(=O)OC)C2)cn1. The normalized spacial score (nSPS) is 29.6. The van der Waals surface area contributed by atoms with Gasteiger partial charge in [-0.15, -0.1) is 0 Å². The van der Waals surface area contributed by atoms with Crippen LogP contribution in [0.15, 0.2) is 12.4 Å². The zero-order valence-electron chi connectivity index (χ0n) is 12.3. The molecule has 1 saturated carbocycles. The van der Waals surface area contributed by atoms with Gasteiger partial charge in [0.2, 0.25) is 0 Å². The molecule has 0 bridgehead atoms. The van der Waals surface area contributed by atoms with Gasteiger partial charge in [-0.3, -0.25) is 14.4 Å². The maximum atomic E-state index is 12.2. The van der Waals surface area contributed by atoms with Gasteiger partial charge in [-0.25, -0.2) is 0 Å². The number of nitrogens with zero attached hydrogens (tertiary/aromatic N) is 3. The first-order valence-electron chi connectivity index (χ1n) is 7.50. The summed E-state index contributed by atoms with van der Waals surface area (Å²) in [5.41, 5.74) is 0.988. The van der Waals surface area contributed by atoms with Crippen LogP contribution in [0.5, 0.6) is 0 Å². The van der Waals surface area contributed by atoms with E-state index in [0.29, 0.717) is 5.92 Å². The van der Waals surface area contributed by atoms with Crippen LogP contribution < -0.4 is 0 Å². The van der Waals surface area contributed by atoms with Gasteiger partial charge in [0.05, 0.1) is 18.7 Å². The smallest absolute Gasteiger partial charge is 0.313 e. The van der Waals surface area contributed by atoms with Crippen molar-refractivity contribution in [2.75, 3.05) is 20.2 Å². The predicted octanol–water partition coefficient (Wildman–Crippen LogP) is 1.68. The van der Waals surface area contributed by atoms with Gasteiger partial charge in [-0.05, 0) is 25.7 Å². The molecular weight excluding hydrogens is 254 g/mol. The van der Waals surface area contributed by atoms with Crippen molar-refractivity contribution < 1.29 is 9.53 Å². The number of carbonyl (C=O) groups is 1. The van der Waals surface area contributed by atoms with Gasteiger partial charge >= 0.3 is 5.97 Å². The van der Waals surface area contributed by atoms with Gasteiger partial charge in [0.15, 0.2) is 0 Å². The van der Waals surface area contributed by atoms with Crippen LogP contribution in [0.4, 0.5) is 0 Å². The van der Waals surface area contributed by atoms with Crippen LogP contribution in [0.2, 0.25) is 0 Å². The van der Waals surface area contributed by atoms with E-state index in [9.17, 15) is 4.79 Å². The Hall–Kier alpha value is -1.36. The second kappa shape index (κ2) is 5.20. The Morgan fingerprint density at radius 2 is 2.45 bits per heavy atom. The van der Waals surface area contributed by atoms with E-state index in [1.54, 1.807) is 0 Å². The van der Waals surface area contributed by atoms with Gasteiger partial charge in [0.25, 0.3) is 0 Å². The molecular formula is C15H23N3O2. The number of hydrogen-bond donors (Lipinski definition) is 0. The fourth-order valence-corrected chi connectivity index (χ4v) is 3.97. The number of hydrogen-bond acceptors (Lipinski definition) is 4. The zero-order valence-corrected chi connectivity index (χ0v) is 12.3. The number of likely N-dealkylation sites (tertiary alicyclic amines) is 1. The average Bonchev–Trinajstić information content (AvgIpc) is 3.11. The molecule has 3 rings (SSSR count). The summed E-state index contributed by atoms with van der Waals surface area (Å²) in [6, 6.07) is 0. The van der Waals surface area contributed by atoms with E-state index in [1.165, 1.54) is 12.7 Å². The lowest BCUT2D eigenvalue weighted by Crippen LogP contribution is -2.36. The minimum Gasteiger partial charge on any atom is -0.469 e. The molecule has 0 spiro atoms. The highest BCUT2D eigenvalue weighted by Gasteiger charge is 2.55. The Bertz CT molecular complexity index is 499. The number of fused-ring (bicyclic) bond motifs is 1. The van der Waals surface area contributed by atoms with Crippen molar-refractivity contribution in [3.05, 3.63) is 18.0 Å². The summed E-state index contributed by atoms with van der Waals surface area (Å²) < 4.78 is 7.02. The third kappa shape index (κ3) is 2.14. The molecule has 1 aliphatic carbocycles. The summed E-state index contributed by atoms with van der Waals surface area (Å²) in [5, 5.41) is 4.32. The molecule has 1 aromatic heterocycles. The van der Waals surface area contributed by atoms with Gasteiger partial charge in [0.1, 0.15) is 0 Å². The molecule has 2 heterocycles. The van der Waals surface area contributed by atoms with Crippen molar-refractivity contribution in [1.82, 2.24) is 14.7 Å². The fraction of sp³-hybridized carbons (Fsp3) is 0.733. The maximum absolute atomic E-state index is 12.2. The highest BCUT2D eigenvalue weighted by Crippen LogP contribution is 2.49. The van der Waals surface area contributed by atoms with Gasteiger partial charge in [0, 0.05) is 37.9 Å². The standard InChI is InChI=1S/C15H23N3O2/c1-3-18-9-12(7-16-18)8-17-10-13-5-4-6-15(13,11-17)14(19)20-2/h7,9,13H,3-6,8,10-11H2,1-2H3/t13-,15-/m0/s1. The molecule has 2 atom stereocenters. The zero-order chi connectivity index (χ0) is 14.2. The summed E-state index contributed by atoms with van der Waals surface area (Å²) >= 11 is 0. The number of ether oxygens (including phenoxy) is 1. The number of esters is 1. The van der Waals surface area contributed by atoms with Crippen molar-refractivity contribution in [2.45, 2.75) is 39.3 Å². The van der Waals surface area contributed by atoms with Crippen LogP contribution in [0.1, 0.15) is 31.7 Å². The van der Waals surface area contributed by atoms with Crippen LogP contribution >= 0.6 is 0 Å². The number of methoxy groups -OCH3 is 1.